The predicted octanol–water partition coefficient (Wildman–Crippen LogP) is 5.35. The van der Waals surface area contributed by atoms with Gasteiger partial charge in [0.2, 0.25) is 17.6 Å². The van der Waals surface area contributed by atoms with Gasteiger partial charge >= 0.3 is 0 Å². The molecule has 4 rings (SSSR count). The molecule has 0 N–H and O–H groups in total. The van der Waals surface area contributed by atoms with Gasteiger partial charge in [-0.25, -0.2) is 0 Å². The summed E-state index contributed by atoms with van der Waals surface area (Å²) in [6, 6.07) is 12.0. The molecule has 3 heterocycles. The fourth-order valence-electron chi connectivity index (χ4n) is 4.62. The number of amides is 2. The van der Waals surface area contributed by atoms with Crippen LogP contribution in [0, 0.1) is 6.92 Å². The molecule has 1 atom stereocenters. The Labute approximate surface area is 223 Å². The highest BCUT2D eigenvalue weighted by atomic mass is 32.2. The molecule has 0 spiro atoms. The Balaban J connectivity index is 1.30. The molecule has 8 nitrogen and oxygen atoms in total. The first-order chi connectivity index (χ1) is 18.0. The lowest BCUT2D eigenvalue weighted by molar-refractivity contribution is -0.142. The molecule has 1 aromatic carbocycles. The van der Waals surface area contributed by atoms with E-state index in [4.69, 9.17) is 4.42 Å². The molecule has 0 bridgehead atoms. The number of aryl methyl sites for hydroxylation is 1. The van der Waals surface area contributed by atoms with Crippen LogP contribution in [0.15, 0.2) is 52.2 Å². The van der Waals surface area contributed by atoms with Crippen molar-refractivity contribution in [3.8, 4) is 17.3 Å². The minimum Gasteiger partial charge on any atom is -0.461 e. The standard InChI is InChI=1S/C28H37N5O3S/c1-4-5-6-10-26(35)32-17-16-31(20-22(32)3)25(34)11-8-19-37-28-30-29-27(24-9-7-18-36-24)33(28)23-14-12-21(2)13-15-23/h7,9,12-15,18,22H,4-6,8,10-11,16-17,19-20H2,1-3H3. The van der Waals surface area contributed by atoms with Crippen LogP contribution >= 0.6 is 11.8 Å². The number of rotatable bonds is 11. The Morgan fingerprint density at radius 3 is 2.51 bits per heavy atom. The van der Waals surface area contributed by atoms with Crippen LogP contribution in [0.4, 0.5) is 0 Å². The molecule has 9 heteroatoms. The van der Waals surface area contributed by atoms with Crippen LogP contribution in [0.3, 0.4) is 0 Å². The minimum atomic E-state index is 0.0642. The van der Waals surface area contributed by atoms with Crippen molar-refractivity contribution in [1.82, 2.24) is 24.6 Å². The van der Waals surface area contributed by atoms with Crippen molar-refractivity contribution in [3.63, 3.8) is 0 Å². The normalized spacial score (nSPS) is 15.8. The van der Waals surface area contributed by atoms with E-state index < -0.39 is 0 Å². The number of piperazine rings is 1. The van der Waals surface area contributed by atoms with Crippen molar-refractivity contribution in [2.24, 2.45) is 0 Å². The second kappa shape index (κ2) is 12.9. The van der Waals surface area contributed by atoms with Gasteiger partial charge in [-0.15, -0.1) is 10.2 Å². The van der Waals surface area contributed by atoms with Gasteiger partial charge < -0.3 is 14.2 Å². The Bertz CT molecular complexity index is 1160. The number of unbranched alkanes of at least 4 members (excludes halogenated alkanes) is 2. The molecule has 2 aromatic heterocycles. The summed E-state index contributed by atoms with van der Waals surface area (Å²) in [5.74, 6) is 2.44. The molecule has 1 fully saturated rings. The van der Waals surface area contributed by atoms with E-state index in [1.807, 2.05) is 45.6 Å². The van der Waals surface area contributed by atoms with Crippen LogP contribution in [0.25, 0.3) is 17.3 Å². The molecular weight excluding hydrogens is 486 g/mol. The van der Waals surface area contributed by atoms with Gasteiger partial charge in [-0.2, -0.15) is 0 Å². The minimum absolute atomic E-state index is 0.0642. The molecule has 0 saturated carbocycles. The van der Waals surface area contributed by atoms with Gasteiger partial charge in [0.25, 0.3) is 0 Å². The molecule has 1 saturated heterocycles. The number of carbonyl (C=O) groups is 2. The summed E-state index contributed by atoms with van der Waals surface area (Å²) in [5.41, 5.74) is 2.15. The lowest BCUT2D eigenvalue weighted by Gasteiger charge is -2.40. The Kier molecular flexibility index (Phi) is 9.44. The van der Waals surface area contributed by atoms with Gasteiger partial charge in [0.05, 0.1) is 6.26 Å². The number of aromatic nitrogens is 3. The number of thioether (sulfide) groups is 1. The summed E-state index contributed by atoms with van der Waals surface area (Å²) in [6.07, 6.45) is 6.60. The number of hydrogen-bond donors (Lipinski definition) is 0. The topological polar surface area (TPSA) is 84.5 Å². The maximum Gasteiger partial charge on any atom is 0.222 e. The first-order valence-electron chi connectivity index (χ1n) is 13.2. The second-order valence-electron chi connectivity index (χ2n) is 9.64. The van der Waals surface area contributed by atoms with Crippen LogP contribution in [0.1, 0.15) is 57.9 Å². The molecule has 0 radical (unpaired) electrons. The van der Waals surface area contributed by atoms with Gasteiger partial charge in [-0.1, -0.05) is 49.2 Å². The van der Waals surface area contributed by atoms with Crippen LogP contribution in [0.2, 0.25) is 0 Å². The third kappa shape index (κ3) is 6.83. The third-order valence-electron chi connectivity index (χ3n) is 6.73. The SMILES string of the molecule is CCCCCC(=O)N1CCN(C(=O)CCCSc2nnc(-c3ccco3)n2-c2ccc(C)cc2)CC1C. The smallest absolute Gasteiger partial charge is 0.222 e. The van der Waals surface area contributed by atoms with Crippen molar-refractivity contribution in [3.05, 3.63) is 48.2 Å². The second-order valence-corrected chi connectivity index (χ2v) is 10.7. The molecular formula is C28H37N5O3S. The van der Waals surface area contributed by atoms with Crippen LogP contribution in [-0.4, -0.2) is 67.8 Å². The van der Waals surface area contributed by atoms with Crippen molar-refractivity contribution < 1.29 is 14.0 Å². The summed E-state index contributed by atoms with van der Waals surface area (Å²) in [5, 5.41) is 9.58. The first kappa shape index (κ1) is 27.0. The van der Waals surface area contributed by atoms with Crippen LogP contribution < -0.4 is 0 Å². The van der Waals surface area contributed by atoms with E-state index in [0.717, 1.165) is 42.3 Å². The fraction of sp³-hybridized carbons (Fsp3) is 0.500. The molecule has 1 aliphatic rings. The predicted molar refractivity (Wildman–Crippen MR) is 146 cm³/mol. The van der Waals surface area contributed by atoms with Crippen molar-refractivity contribution in [2.75, 3.05) is 25.4 Å². The molecule has 2 amide bonds. The maximum absolute atomic E-state index is 12.9. The maximum atomic E-state index is 12.9. The van der Waals surface area contributed by atoms with Gasteiger partial charge in [-0.3, -0.25) is 14.2 Å². The van der Waals surface area contributed by atoms with Gasteiger partial charge in [-0.05, 0) is 51.0 Å². The fourth-order valence-corrected chi connectivity index (χ4v) is 5.52. The zero-order valence-electron chi connectivity index (χ0n) is 22.1. The zero-order chi connectivity index (χ0) is 26.2. The summed E-state index contributed by atoms with van der Waals surface area (Å²) in [4.78, 5) is 29.3. The zero-order valence-corrected chi connectivity index (χ0v) is 22.9. The monoisotopic (exact) mass is 523 g/mol. The first-order valence-corrected chi connectivity index (χ1v) is 14.2. The van der Waals surface area contributed by atoms with E-state index in [-0.39, 0.29) is 17.9 Å². The van der Waals surface area contributed by atoms with Gasteiger partial charge in [0, 0.05) is 50.0 Å². The van der Waals surface area contributed by atoms with E-state index in [0.29, 0.717) is 44.1 Å². The van der Waals surface area contributed by atoms with Crippen molar-refractivity contribution in [1.29, 1.82) is 0 Å². The Morgan fingerprint density at radius 2 is 1.81 bits per heavy atom. The molecule has 198 valence electrons. The number of benzene rings is 1. The lowest BCUT2D eigenvalue weighted by Crippen LogP contribution is -2.55. The summed E-state index contributed by atoms with van der Waals surface area (Å²) in [7, 11) is 0. The van der Waals surface area contributed by atoms with E-state index in [9.17, 15) is 9.59 Å². The molecule has 37 heavy (non-hydrogen) atoms. The van der Waals surface area contributed by atoms with Crippen LogP contribution in [-0.2, 0) is 9.59 Å². The van der Waals surface area contributed by atoms with Crippen molar-refractivity contribution in [2.45, 2.75) is 70.5 Å². The van der Waals surface area contributed by atoms with E-state index in [1.54, 1.807) is 18.0 Å². The van der Waals surface area contributed by atoms with Gasteiger partial charge in [0.1, 0.15) is 0 Å². The Morgan fingerprint density at radius 1 is 1.03 bits per heavy atom. The van der Waals surface area contributed by atoms with E-state index >= 15 is 0 Å². The number of furan rings is 1. The van der Waals surface area contributed by atoms with E-state index in [2.05, 4.69) is 36.2 Å². The highest BCUT2D eigenvalue weighted by Gasteiger charge is 2.29. The average Bonchev–Trinajstić information content (AvgIpc) is 3.57. The van der Waals surface area contributed by atoms with Crippen LogP contribution in [0.5, 0.6) is 0 Å². The summed E-state index contributed by atoms with van der Waals surface area (Å²) in [6.45, 7) is 8.10. The molecule has 1 aliphatic heterocycles. The highest BCUT2D eigenvalue weighted by molar-refractivity contribution is 7.99. The Hall–Kier alpha value is -3.07. The summed E-state index contributed by atoms with van der Waals surface area (Å²) >= 11 is 1.59. The van der Waals surface area contributed by atoms with Crippen molar-refractivity contribution >= 4 is 23.6 Å². The number of nitrogens with zero attached hydrogens (tertiary/aromatic N) is 5. The lowest BCUT2D eigenvalue weighted by atomic mass is 10.1. The molecule has 1 unspecified atom stereocenters. The quantitative estimate of drug-likeness (QED) is 0.249. The average molecular weight is 524 g/mol. The van der Waals surface area contributed by atoms with E-state index in [1.165, 1.54) is 5.56 Å². The third-order valence-corrected chi connectivity index (χ3v) is 7.74. The number of hydrogen-bond acceptors (Lipinski definition) is 6. The number of carbonyl (C=O) groups excluding carboxylic acids is 2. The summed E-state index contributed by atoms with van der Waals surface area (Å²) < 4.78 is 7.59. The molecule has 0 aliphatic carbocycles. The van der Waals surface area contributed by atoms with Gasteiger partial charge in [0.15, 0.2) is 10.9 Å². The molecule has 3 aromatic rings. The largest absolute Gasteiger partial charge is 0.461 e. The highest BCUT2D eigenvalue weighted by Crippen LogP contribution is 2.29.